The molecule has 3 aromatic rings. The Bertz CT molecular complexity index is 838. The van der Waals surface area contributed by atoms with E-state index in [0.717, 1.165) is 12.5 Å². The highest BCUT2D eigenvalue weighted by Gasteiger charge is 2.23. The molecule has 0 bridgehead atoms. The maximum Gasteiger partial charge on any atom is 0.0481 e. The van der Waals surface area contributed by atoms with Crippen molar-refractivity contribution in [3.8, 4) is 0 Å². The van der Waals surface area contributed by atoms with Crippen molar-refractivity contribution in [3.05, 3.63) is 70.3 Å². The molecule has 1 saturated heterocycles. The summed E-state index contributed by atoms with van der Waals surface area (Å²) in [4.78, 5) is 2.60. The van der Waals surface area contributed by atoms with Crippen LogP contribution in [0.5, 0.6) is 0 Å². The van der Waals surface area contributed by atoms with E-state index in [0.29, 0.717) is 0 Å². The SMILES string of the molecule is Cn1cc(CC2CCN(Cc3ccccc3)C2)c2cc(Br)ccc21. The van der Waals surface area contributed by atoms with E-state index in [2.05, 4.69) is 87.2 Å². The number of fused-ring (bicyclic) bond motifs is 1. The van der Waals surface area contributed by atoms with Crippen molar-refractivity contribution in [1.29, 1.82) is 0 Å². The Kier molecular flexibility index (Phi) is 4.47. The van der Waals surface area contributed by atoms with Gasteiger partial charge in [-0.3, -0.25) is 4.90 Å². The lowest BCUT2D eigenvalue weighted by atomic mass is 9.98. The first kappa shape index (κ1) is 15.9. The number of hydrogen-bond donors (Lipinski definition) is 0. The van der Waals surface area contributed by atoms with Gasteiger partial charge in [0.05, 0.1) is 0 Å². The quantitative estimate of drug-likeness (QED) is 0.615. The Morgan fingerprint density at radius 3 is 2.79 bits per heavy atom. The van der Waals surface area contributed by atoms with Crippen LogP contribution in [0, 0.1) is 5.92 Å². The number of aryl methyl sites for hydroxylation is 1. The lowest BCUT2D eigenvalue weighted by Crippen LogP contribution is -2.20. The van der Waals surface area contributed by atoms with Crippen LogP contribution >= 0.6 is 15.9 Å². The molecule has 1 aromatic heterocycles. The molecule has 24 heavy (non-hydrogen) atoms. The fraction of sp³-hybridized carbons (Fsp3) is 0.333. The second-order valence-electron chi connectivity index (χ2n) is 7.01. The lowest BCUT2D eigenvalue weighted by molar-refractivity contribution is 0.316. The maximum atomic E-state index is 3.62. The minimum absolute atomic E-state index is 0.762. The zero-order valence-corrected chi connectivity index (χ0v) is 15.7. The van der Waals surface area contributed by atoms with Crippen molar-refractivity contribution in [2.45, 2.75) is 19.4 Å². The molecule has 1 atom stereocenters. The van der Waals surface area contributed by atoms with E-state index in [9.17, 15) is 0 Å². The molecule has 2 aromatic carbocycles. The Hall–Kier alpha value is -1.58. The smallest absolute Gasteiger partial charge is 0.0481 e. The number of hydrogen-bond acceptors (Lipinski definition) is 1. The van der Waals surface area contributed by atoms with Gasteiger partial charge in [-0.05, 0) is 54.6 Å². The van der Waals surface area contributed by atoms with Gasteiger partial charge in [0.2, 0.25) is 0 Å². The van der Waals surface area contributed by atoms with Crippen LogP contribution in [0.3, 0.4) is 0 Å². The van der Waals surface area contributed by atoms with Crippen molar-refractivity contribution in [3.63, 3.8) is 0 Å². The second-order valence-corrected chi connectivity index (χ2v) is 7.92. The summed E-state index contributed by atoms with van der Waals surface area (Å²) in [6, 6.07) is 17.4. The third-order valence-electron chi connectivity index (χ3n) is 5.16. The topological polar surface area (TPSA) is 8.17 Å². The summed E-state index contributed by atoms with van der Waals surface area (Å²) >= 11 is 3.62. The number of aromatic nitrogens is 1. The fourth-order valence-corrected chi connectivity index (χ4v) is 4.35. The zero-order valence-electron chi connectivity index (χ0n) is 14.1. The summed E-state index contributed by atoms with van der Waals surface area (Å²) in [5.74, 6) is 0.762. The molecule has 4 rings (SSSR count). The Labute approximate surface area is 152 Å². The Morgan fingerprint density at radius 1 is 1.12 bits per heavy atom. The van der Waals surface area contributed by atoms with Gasteiger partial charge in [0.1, 0.15) is 0 Å². The van der Waals surface area contributed by atoms with E-state index in [-0.39, 0.29) is 0 Å². The molecule has 3 heteroatoms. The molecular weight excluding hydrogens is 360 g/mol. The molecule has 124 valence electrons. The van der Waals surface area contributed by atoms with Gasteiger partial charge in [-0.15, -0.1) is 0 Å². The van der Waals surface area contributed by atoms with Crippen LogP contribution in [-0.4, -0.2) is 22.6 Å². The summed E-state index contributed by atoms with van der Waals surface area (Å²) in [7, 11) is 2.15. The predicted octanol–water partition coefficient (Wildman–Crippen LogP) is 5.01. The number of benzene rings is 2. The molecule has 0 amide bonds. The van der Waals surface area contributed by atoms with Gasteiger partial charge in [0.25, 0.3) is 0 Å². The zero-order chi connectivity index (χ0) is 16.5. The third kappa shape index (κ3) is 3.28. The minimum Gasteiger partial charge on any atom is -0.350 e. The normalized spacial score (nSPS) is 18.5. The van der Waals surface area contributed by atoms with E-state index < -0.39 is 0 Å². The van der Waals surface area contributed by atoms with E-state index in [1.54, 1.807) is 0 Å². The molecule has 1 fully saturated rings. The minimum atomic E-state index is 0.762. The molecule has 2 nitrogen and oxygen atoms in total. The fourth-order valence-electron chi connectivity index (χ4n) is 3.98. The average molecular weight is 383 g/mol. The van der Waals surface area contributed by atoms with Gasteiger partial charge in [-0.1, -0.05) is 46.3 Å². The molecular formula is C21H23BrN2. The van der Waals surface area contributed by atoms with E-state index in [4.69, 9.17) is 0 Å². The van der Waals surface area contributed by atoms with Crippen molar-refractivity contribution >= 4 is 26.8 Å². The molecule has 1 aliphatic rings. The van der Waals surface area contributed by atoms with Crippen LogP contribution in [0.15, 0.2) is 59.2 Å². The van der Waals surface area contributed by atoms with Crippen LogP contribution in [0.25, 0.3) is 10.9 Å². The average Bonchev–Trinajstić information content (AvgIpc) is 3.13. The summed E-state index contributed by atoms with van der Waals surface area (Å²) in [6.45, 7) is 3.51. The van der Waals surface area contributed by atoms with Gasteiger partial charge in [0, 0.05) is 41.7 Å². The van der Waals surface area contributed by atoms with Crippen LogP contribution in [0.2, 0.25) is 0 Å². The first-order valence-electron chi connectivity index (χ1n) is 8.69. The van der Waals surface area contributed by atoms with Crippen LogP contribution in [0.4, 0.5) is 0 Å². The first-order valence-corrected chi connectivity index (χ1v) is 9.48. The molecule has 0 saturated carbocycles. The summed E-state index contributed by atoms with van der Waals surface area (Å²) in [5.41, 5.74) is 4.24. The molecule has 1 unspecified atom stereocenters. The second kappa shape index (κ2) is 6.73. The molecule has 0 radical (unpaired) electrons. The van der Waals surface area contributed by atoms with Crippen LogP contribution < -0.4 is 0 Å². The highest BCUT2D eigenvalue weighted by atomic mass is 79.9. The summed E-state index contributed by atoms with van der Waals surface area (Å²) in [6.07, 6.45) is 4.80. The van der Waals surface area contributed by atoms with E-state index >= 15 is 0 Å². The summed E-state index contributed by atoms with van der Waals surface area (Å²) < 4.78 is 3.42. The van der Waals surface area contributed by atoms with Crippen LogP contribution in [0.1, 0.15) is 17.5 Å². The number of rotatable bonds is 4. The van der Waals surface area contributed by atoms with Crippen molar-refractivity contribution in [1.82, 2.24) is 9.47 Å². The highest BCUT2D eigenvalue weighted by molar-refractivity contribution is 9.10. The lowest BCUT2D eigenvalue weighted by Gasteiger charge is -2.16. The summed E-state index contributed by atoms with van der Waals surface area (Å²) in [5, 5.41) is 1.40. The van der Waals surface area contributed by atoms with Crippen molar-refractivity contribution in [2.75, 3.05) is 13.1 Å². The number of halogens is 1. The number of nitrogens with zero attached hydrogens (tertiary/aromatic N) is 2. The van der Waals surface area contributed by atoms with Crippen molar-refractivity contribution < 1.29 is 0 Å². The van der Waals surface area contributed by atoms with Gasteiger partial charge >= 0.3 is 0 Å². The molecule has 1 aliphatic heterocycles. The first-order chi connectivity index (χ1) is 11.7. The molecule has 0 spiro atoms. The number of likely N-dealkylation sites (tertiary alicyclic amines) is 1. The molecule has 0 N–H and O–H groups in total. The Morgan fingerprint density at radius 2 is 1.96 bits per heavy atom. The van der Waals surface area contributed by atoms with Gasteiger partial charge in [-0.25, -0.2) is 0 Å². The maximum absolute atomic E-state index is 3.62. The van der Waals surface area contributed by atoms with E-state index in [1.807, 2.05) is 0 Å². The molecule has 0 aliphatic carbocycles. The van der Waals surface area contributed by atoms with Crippen LogP contribution in [-0.2, 0) is 20.0 Å². The van der Waals surface area contributed by atoms with Gasteiger partial charge in [0.15, 0.2) is 0 Å². The monoisotopic (exact) mass is 382 g/mol. The third-order valence-corrected chi connectivity index (χ3v) is 5.65. The van der Waals surface area contributed by atoms with Crippen molar-refractivity contribution in [2.24, 2.45) is 13.0 Å². The highest BCUT2D eigenvalue weighted by Crippen LogP contribution is 2.29. The van der Waals surface area contributed by atoms with Gasteiger partial charge in [-0.2, -0.15) is 0 Å². The van der Waals surface area contributed by atoms with E-state index in [1.165, 1.54) is 52.4 Å². The largest absolute Gasteiger partial charge is 0.350 e. The molecule has 2 heterocycles. The predicted molar refractivity (Wildman–Crippen MR) is 104 cm³/mol. The standard InChI is InChI=1S/C21H23BrN2/c1-23-15-18(20-12-19(22)7-8-21(20)23)11-17-9-10-24(14-17)13-16-5-3-2-4-6-16/h2-8,12,15,17H,9-11,13-14H2,1H3. The van der Waals surface area contributed by atoms with Gasteiger partial charge < -0.3 is 4.57 Å². The Balaban J connectivity index is 1.46.